The van der Waals surface area contributed by atoms with E-state index in [4.69, 9.17) is 5.11 Å². The molecule has 9 heavy (non-hydrogen) atoms. The number of aryl methyl sites for hydroxylation is 1. The Labute approximate surface area is 54.0 Å². The van der Waals surface area contributed by atoms with E-state index in [2.05, 4.69) is 4.98 Å². The summed E-state index contributed by atoms with van der Waals surface area (Å²) in [5, 5.41) is 9.04. The van der Waals surface area contributed by atoms with Crippen LogP contribution in [0.4, 0.5) is 0 Å². The zero-order chi connectivity index (χ0) is 6.85. The average molecular weight is 127 g/mol. The Morgan fingerprint density at radius 3 is 2.67 bits per heavy atom. The molecular formula is C6H11N2O+. The Morgan fingerprint density at radius 1 is 1.78 bits per heavy atom. The highest BCUT2D eigenvalue weighted by Crippen LogP contribution is 2.00. The summed E-state index contributed by atoms with van der Waals surface area (Å²) in [5.41, 5.74) is 0. The molecule has 1 aromatic rings. The largest absolute Gasteiger partial charge is 0.381 e. The first kappa shape index (κ1) is 6.29. The molecule has 0 radical (unpaired) electrons. The van der Waals surface area contributed by atoms with E-state index >= 15 is 0 Å². The van der Waals surface area contributed by atoms with Gasteiger partial charge in [-0.25, -0.2) is 9.55 Å². The zero-order valence-electron chi connectivity index (χ0n) is 5.63. The third kappa shape index (κ3) is 1.10. The highest BCUT2D eigenvalue weighted by Gasteiger charge is 2.11. The molecular weight excluding hydrogens is 116 g/mol. The van der Waals surface area contributed by atoms with Crippen LogP contribution in [0, 0.1) is 0 Å². The van der Waals surface area contributed by atoms with Gasteiger partial charge in [-0.2, -0.15) is 0 Å². The van der Waals surface area contributed by atoms with Crippen molar-refractivity contribution >= 4 is 0 Å². The lowest BCUT2D eigenvalue weighted by Gasteiger charge is -1.94. The second-order valence-electron chi connectivity index (χ2n) is 2.13. The number of aliphatic hydroxyl groups excluding tert-OH is 1. The van der Waals surface area contributed by atoms with Crippen LogP contribution < -0.4 is 4.57 Å². The van der Waals surface area contributed by atoms with Gasteiger partial charge in [-0.3, -0.25) is 0 Å². The van der Waals surface area contributed by atoms with E-state index < -0.39 is 6.10 Å². The molecule has 1 unspecified atom stereocenters. The van der Waals surface area contributed by atoms with Crippen LogP contribution in [-0.4, -0.2) is 10.1 Å². The van der Waals surface area contributed by atoms with Crippen molar-refractivity contribution in [3.8, 4) is 0 Å². The number of nitrogens with one attached hydrogen (secondary N) is 1. The second-order valence-corrected chi connectivity index (χ2v) is 2.13. The molecule has 0 saturated heterocycles. The molecule has 50 valence electrons. The molecule has 0 aromatic carbocycles. The van der Waals surface area contributed by atoms with E-state index in [1.165, 1.54) is 0 Å². The van der Waals surface area contributed by atoms with Crippen molar-refractivity contribution in [2.45, 2.75) is 13.0 Å². The average Bonchev–Trinajstić information content (AvgIpc) is 2.13. The number of H-pyrrole nitrogens is 1. The van der Waals surface area contributed by atoms with E-state index in [-0.39, 0.29) is 0 Å². The van der Waals surface area contributed by atoms with Crippen molar-refractivity contribution in [3.63, 3.8) is 0 Å². The molecule has 0 amide bonds. The first-order valence-corrected chi connectivity index (χ1v) is 2.93. The summed E-state index contributed by atoms with van der Waals surface area (Å²) in [4.78, 5) is 2.92. The van der Waals surface area contributed by atoms with Crippen molar-refractivity contribution in [1.29, 1.82) is 0 Å². The predicted octanol–water partition coefficient (Wildman–Crippen LogP) is -0.108. The topological polar surface area (TPSA) is 39.9 Å². The summed E-state index contributed by atoms with van der Waals surface area (Å²) in [5.74, 6) is 0.829. The normalized spacial score (nSPS) is 13.7. The fourth-order valence-electron chi connectivity index (χ4n) is 0.832. The summed E-state index contributed by atoms with van der Waals surface area (Å²) >= 11 is 0. The number of aliphatic hydroxyl groups is 1. The number of aromatic amines is 1. The first-order chi connectivity index (χ1) is 4.22. The molecule has 0 aliphatic heterocycles. The Balaban J connectivity index is 2.94. The van der Waals surface area contributed by atoms with Crippen LogP contribution >= 0.6 is 0 Å². The summed E-state index contributed by atoms with van der Waals surface area (Å²) in [6.45, 7) is 1.73. The van der Waals surface area contributed by atoms with E-state index in [0.29, 0.717) is 0 Å². The monoisotopic (exact) mass is 127 g/mol. The maximum Gasteiger partial charge on any atom is 0.283 e. The lowest BCUT2D eigenvalue weighted by Crippen LogP contribution is -2.31. The number of imidazole rings is 1. The van der Waals surface area contributed by atoms with Gasteiger partial charge in [0.25, 0.3) is 5.82 Å². The summed E-state index contributed by atoms with van der Waals surface area (Å²) in [6, 6.07) is 0. The van der Waals surface area contributed by atoms with Crippen LogP contribution in [0.2, 0.25) is 0 Å². The highest BCUT2D eigenvalue weighted by atomic mass is 16.3. The minimum atomic E-state index is -0.412. The molecule has 2 N–H and O–H groups in total. The maximum absolute atomic E-state index is 9.04. The van der Waals surface area contributed by atoms with Crippen LogP contribution in [0.3, 0.4) is 0 Å². The number of hydrogen-bond acceptors (Lipinski definition) is 1. The smallest absolute Gasteiger partial charge is 0.283 e. The minimum absolute atomic E-state index is 0.412. The Kier molecular flexibility index (Phi) is 1.53. The third-order valence-electron chi connectivity index (χ3n) is 1.31. The van der Waals surface area contributed by atoms with E-state index in [1.807, 2.05) is 17.8 Å². The molecule has 3 heteroatoms. The van der Waals surface area contributed by atoms with Gasteiger partial charge in [0, 0.05) is 0 Å². The van der Waals surface area contributed by atoms with Crippen LogP contribution in [0.1, 0.15) is 18.9 Å². The number of aromatic nitrogens is 2. The predicted molar refractivity (Wildman–Crippen MR) is 32.6 cm³/mol. The van der Waals surface area contributed by atoms with Crippen molar-refractivity contribution in [2.24, 2.45) is 7.05 Å². The van der Waals surface area contributed by atoms with E-state index in [9.17, 15) is 0 Å². The summed E-state index contributed by atoms with van der Waals surface area (Å²) in [6.07, 6.45) is 3.24. The van der Waals surface area contributed by atoms with Crippen molar-refractivity contribution in [3.05, 3.63) is 18.2 Å². The minimum Gasteiger partial charge on any atom is -0.381 e. The van der Waals surface area contributed by atoms with Gasteiger partial charge in [0.15, 0.2) is 6.10 Å². The molecule has 0 aliphatic rings. The van der Waals surface area contributed by atoms with Crippen molar-refractivity contribution in [2.75, 3.05) is 0 Å². The quantitative estimate of drug-likeness (QED) is 0.508. The molecule has 1 aromatic heterocycles. The third-order valence-corrected chi connectivity index (χ3v) is 1.31. The Bertz CT molecular complexity index is 193. The van der Waals surface area contributed by atoms with Crippen LogP contribution in [0.25, 0.3) is 0 Å². The van der Waals surface area contributed by atoms with Crippen molar-refractivity contribution < 1.29 is 9.67 Å². The van der Waals surface area contributed by atoms with Crippen molar-refractivity contribution in [1.82, 2.24) is 4.98 Å². The standard InChI is InChI=1S/C6H10N2O/c1-5(9)6-7-3-4-8(6)2/h3-5,9H,1-2H3/p+1. The molecule has 1 heterocycles. The van der Waals surface area contributed by atoms with Gasteiger partial charge in [0.1, 0.15) is 12.4 Å². The molecule has 0 spiro atoms. The Hall–Kier alpha value is -0.830. The first-order valence-electron chi connectivity index (χ1n) is 2.93. The van der Waals surface area contributed by atoms with Gasteiger partial charge in [0.05, 0.1) is 7.05 Å². The molecule has 0 fully saturated rings. The summed E-state index contributed by atoms with van der Waals surface area (Å²) < 4.78 is 1.85. The van der Waals surface area contributed by atoms with Gasteiger partial charge < -0.3 is 5.11 Å². The van der Waals surface area contributed by atoms with Crippen LogP contribution in [-0.2, 0) is 7.05 Å². The molecule has 1 atom stereocenters. The molecule has 0 saturated carbocycles. The van der Waals surface area contributed by atoms with Gasteiger partial charge in [0.2, 0.25) is 0 Å². The van der Waals surface area contributed by atoms with Gasteiger partial charge >= 0.3 is 0 Å². The van der Waals surface area contributed by atoms with Gasteiger partial charge in [-0.15, -0.1) is 0 Å². The van der Waals surface area contributed by atoms with Crippen LogP contribution in [0.15, 0.2) is 12.4 Å². The molecule has 1 rings (SSSR count). The zero-order valence-corrected chi connectivity index (χ0v) is 5.63. The number of rotatable bonds is 1. The van der Waals surface area contributed by atoms with E-state index in [0.717, 1.165) is 5.82 Å². The van der Waals surface area contributed by atoms with Gasteiger partial charge in [-0.1, -0.05) is 0 Å². The molecule has 0 aliphatic carbocycles. The fraction of sp³-hybridized carbons (Fsp3) is 0.500. The Morgan fingerprint density at radius 2 is 2.44 bits per heavy atom. The lowest BCUT2D eigenvalue weighted by molar-refractivity contribution is -0.681. The fourth-order valence-corrected chi connectivity index (χ4v) is 0.832. The van der Waals surface area contributed by atoms with Gasteiger partial charge in [-0.05, 0) is 6.92 Å². The number of hydrogen-bond donors (Lipinski definition) is 2. The SMILES string of the molecule is CC(O)c1[nH]cc[n+]1C. The number of nitrogens with zero attached hydrogens (tertiary/aromatic N) is 1. The maximum atomic E-state index is 9.04. The van der Waals surface area contributed by atoms with Crippen LogP contribution in [0.5, 0.6) is 0 Å². The lowest BCUT2D eigenvalue weighted by atomic mass is 10.4. The van der Waals surface area contributed by atoms with E-state index in [1.54, 1.807) is 13.1 Å². The highest BCUT2D eigenvalue weighted by molar-refractivity contribution is 4.79. The summed E-state index contributed by atoms with van der Waals surface area (Å²) in [7, 11) is 1.89. The second kappa shape index (κ2) is 2.19. The molecule has 3 nitrogen and oxygen atoms in total. The molecule has 0 bridgehead atoms.